The predicted octanol–water partition coefficient (Wildman–Crippen LogP) is 7.42. The zero-order chi connectivity index (χ0) is 23.2. The van der Waals surface area contributed by atoms with E-state index in [1.54, 1.807) is 11.8 Å². The van der Waals surface area contributed by atoms with E-state index in [1.165, 1.54) is 4.90 Å². The van der Waals surface area contributed by atoms with E-state index < -0.39 is 0 Å². The Morgan fingerprint density at radius 3 is 2.46 bits per heavy atom. The van der Waals surface area contributed by atoms with Gasteiger partial charge in [0.2, 0.25) is 0 Å². The van der Waals surface area contributed by atoms with Crippen molar-refractivity contribution in [1.29, 1.82) is 0 Å². The van der Waals surface area contributed by atoms with Gasteiger partial charge in [-0.2, -0.15) is 0 Å². The van der Waals surface area contributed by atoms with E-state index in [0.29, 0.717) is 0 Å². The summed E-state index contributed by atoms with van der Waals surface area (Å²) in [7, 11) is 0. The van der Waals surface area contributed by atoms with Gasteiger partial charge >= 0.3 is 0 Å². The second-order valence-corrected chi connectivity index (χ2v) is 9.33. The Labute approximate surface area is 206 Å². The fourth-order valence-corrected chi connectivity index (χ4v) is 5.47. The van der Waals surface area contributed by atoms with Gasteiger partial charge in [0.05, 0.1) is 16.3 Å². The van der Waals surface area contributed by atoms with E-state index in [1.807, 2.05) is 53.4 Å². The molecule has 6 heteroatoms. The zero-order valence-corrected chi connectivity index (χ0v) is 19.4. The Balaban J connectivity index is 1.42. The highest BCUT2D eigenvalue weighted by molar-refractivity contribution is 7.99. The Morgan fingerprint density at radius 2 is 1.51 bits per heavy atom. The highest BCUT2D eigenvalue weighted by Gasteiger charge is 2.27. The second-order valence-electron chi connectivity index (χ2n) is 8.25. The third-order valence-electron chi connectivity index (χ3n) is 6.09. The summed E-state index contributed by atoms with van der Waals surface area (Å²) in [6.45, 7) is 0. The van der Waals surface area contributed by atoms with Crippen molar-refractivity contribution in [3.05, 3.63) is 116 Å². The molecular weight excluding hydrogens is 450 g/mol. The average molecular weight is 470 g/mol. The molecule has 7 rings (SSSR count). The van der Waals surface area contributed by atoms with E-state index >= 15 is 0 Å². The summed E-state index contributed by atoms with van der Waals surface area (Å²) in [4.78, 5) is 19.2. The van der Waals surface area contributed by atoms with Crippen LogP contribution in [0.2, 0.25) is 0 Å². The number of hydrogen-bond acceptors (Lipinski definition) is 5. The minimum Gasteiger partial charge on any atom is -0.285 e. The molecule has 1 aliphatic heterocycles. The summed E-state index contributed by atoms with van der Waals surface area (Å²) in [5.41, 5.74) is 3.97. The monoisotopic (exact) mass is 469 g/mol. The quantitative estimate of drug-likeness (QED) is 0.269. The summed E-state index contributed by atoms with van der Waals surface area (Å²) in [6.07, 6.45) is 3.84. The SMILES string of the molecule is c1ccc(-c2cccc(N3c4ccccc4Sc4ccc(-n5ccc6cccnc65)nc43)n2)cc1. The maximum Gasteiger partial charge on any atom is 0.155 e. The smallest absolute Gasteiger partial charge is 0.155 e. The molecule has 0 spiro atoms. The molecule has 6 aromatic rings. The Bertz CT molecular complexity index is 1690. The van der Waals surface area contributed by atoms with Crippen molar-refractivity contribution in [3.63, 3.8) is 0 Å². The molecule has 35 heavy (non-hydrogen) atoms. The minimum absolute atomic E-state index is 0.821. The third-order valence-corrected chi connectivity index (χ3v) is 7.19. The van der Waals surface area contributed by atoms with Crippen LogP contribution in [0.4, 0.5) is 17.3 Å². The van der Waals surface area contributed by atoms with Crippen molar-refractivity contribution in [2.45, 2.75) is 9.79 Å². The minimum atomic E-state index is 0.821. The van der Waals surface area contributed by atoms with E-state index in [0.717, 1.165) is 50.3 Å². The topological polar surface area (TPSA) is 46.8 Å². The van der Waals surface area contributed by atoms with Gasteiger partial charge in [0.1, 0.15) is 17.3 Å². The molecule has 2 aromatic carbocycles. The number of rotatable bonds is 3. The van der Waals surface area contributed by atoms with Gasteiger partial charge in [-0.1, -0.05) is 60.3 Å². The molecule has 0 atom stereocenters. The fraction of sp³-hybridized carbons (Fsp3) is 0. The van der Waals surface area contributed by atoms with Crippen molar-refractivity contribution in [3.8, 4) is 17.1 Å². The first-order valence-corrected chi connectivity index (χ1v) is 12.2. The number of para-hydroxylation sites is 1. The Hall–Kier alpha value is -4.42. The highest BCUT2D eigenvalue weighted by atomic mass is 32.2. The first-order valence-electron chi connectivity index (χ1n) is 11.4. The largest absolute Gasteiger partial charge is 0.285 e. The van der Waals surface area contributed by atoms with Gasteiger partial charge < -0.3 is 0 Å². The first kappa shape index (κ1) is 20.0. The summed E-state index contributed by atoms with van der Waals surface area (Å²) < 4.78 is 2.03. The van der Waals surface area contributed by atoms with Crippen LogP contribution in [0.15, 0.2) is 125 Å². The molecule has 4 aromatic heterocycles. The number of hydrogen-bond donors (Lipinski definition) is 0. The average Bonchev–Trinajstić information content (AvgIpc) is 3.36. The molecule has 0 unspecified atom stereocenters. The lowest BCUT2D eigenvalue weighted by Gasteiger charge is -2.31. The van der Waals surface area contributed by atoms with Crippen LogP contribution in [-0.4, -0.2) is 19.5 Å². The fourth-order valence-electron chi connectivity index (χ4n) is 4.46. The summed E-state index contributed by atoms with van der Waals surface area (Å²) in [5.74, 6) is 2.52. The number of aromatic nitrogens is 4. The molecule has 0 saturated carbocycles. The van der Waals surface area contributed by atoms with Crippen LogP contribution in [0, 0.1) is 0 Å². The van der Waals surface area contributed by atoms with Crippen LogP contribution in [0.3, 0.4) is 0 Å². The number of anilines is 3. The number of nitrogens with zero attached hydrogens (tertiary/aromatic N) is 5. The van der Waals surface area contributed by atoms with E-state index in [2.05, 4.69) is 76.6 Å². The van der Waals surface area contributed by atoms with Crippen molar-refractivity contribution in [2.75, 3.05) is 4.90 Å². The molecule has 0 bridgehead atoms. The van der Waals surface area contributed by atoms with Crippen molar-refractivity contribution in [2.24, 2.45) is 0 Å². The maximum atomic E-state index is 5.15. The van der Waals surface area contributed by atoms with Crippen molar-refractivity contribution in [1.82, 2.24) is 19.5 Å². The number of fused-ring (bicyclic) bond motifs is 3. The Kier molecular flexibility index (Phi) is 4.63. The molecule has 166 valence electrons. The molecule has 0 aliphatic carbocycles. The molecule has 0 amide bonds. The third kappa shape index (κ3) is 3.38. The summed E-state index contributed by atoms with van der Waals surface area (Å²) >= 11 is 1.73. The van der Waals surface area contributed by atoms with Crippen molar-refractivity contribution >= 4 is 40.1 Å². The van der Waals surface area contributed by atoms with Gasteiger partial charge in [-0.25, -0.2) is 15.0 Å². The van der Waals surface area contributed by atoms with Crippen molar-refractivity contribution < 1.29 is 0 Å². The standard InChI is InChI=1S/C29H19N5S/c1-2-8-20(9-3-1)22-11-6-14-27(31-22)34-23-12-4-5-13-24(23)35-25-15-16-26(32-29(25)34)33-19-17-21-10-7-18-30-28(21)33/h1-19H. The number of pyridine rings is 3. The Morgan fingerprint density at radius 1 is 0.629 bits per heavy atom. The highest BCUT2D eigenvalue weighted by Crippen LogP contribution is 2.50. The molecule has 0 radical (unpaired) electrons. The van der Waals surface area contributed by atoms with Crippen LogP contribution >= 0.6 is 11.8 Å². The van der Waals surface area contributed by atoms with E-state index in [4.69, 9.17) is 9.97 Å². The molecule has 0 saturated heterocycles. The van der Waals surface area contributed by atoms with Gasteiger partial charge in [-0.15, -0.1) is 0 Å². The van der Waals surface area contributed by atoms with Crippen LogP contribution in [-0.2, 0) is 0 Å². The van der Waals surface area contributed by atoms with Gasteiger partial charge in [0.25, 0.3) is 0 Å². The number of benzene rings is 2. The lowest BCUT2D eigenvalue weighted by molar-refractivity contribution is 0.979. The van der Waals surface area contributed by atoms with Gasteiger partial charge in [-0.3, -0.25) is 9.47 Å². The summed E-state index contributed by atoms with van der Waals surface area (Å²) in [5, 5.41) is 1.08. The maximum absolute atomic E-state index is 5.15. The van der Waals surface area contributed by atoms with E-state index in [9.17, 15) is 0 Å². The van der Waals surface area contributed by atoms with E-state index in [-0.39, 0.29) is 0 Å². The molecule has 5 heterocycles. The molecule has 1 aliphatic rings. The lowest BCUT2D eigenvalue weighted by atomic mass is 10.1. The summed E-state index contributed by atoms with van der Waals surface area (Å²) in [6, 6.07) is 35.1. The zero-order valence-electron chi connectivity index (χ0n) is 18.6. The normalized spacial score (nSPS) is 12.4. The molecule has 0 fully saturated rings. The van der Waals surface area contributed by atoms with Crippen LogP contribution in [0.25, 0.3) is 28.1 Å². The van der Waals surface area contributed by atoms with Gasteiger partial charge in [0, 0.05) is 28.2 Å². The molecule has 0 N–H and O–H groups in total. The first-order chi connectivity index (χ1) is 17.3. The molecular formula is C29H19N5S. The molecule has 5 nitrogen and oxygen atoms in total. The lowest BCUT2D eigenvalue weighted by Crippen LogP contribution is -2.18. The second kappa shape index (κ2) is 8.11. The van der Waals surface area contributed by atoms with Crippen LogP contribution < -0.4 is 4.90 Å². The van der Waals surface area contributed by atoms with Gasteiger partial charge in [0.15, 0.2) is 5.82 Å². The predicted molar refractivity (Wildman–Crippen MR) is 141 cm³/mol. The van der Waals surface area contributed by atoms with Gasteiger partial charge in [-0.05, 0) is 54.6 Å². The van der Waals surface area contributed by atoms with Crippen LogP contribution in [0.5, 0.6) is 0 Å². The van der Waals surface area contributed by atoms with Crippen LogP contribution in [0.1, 0.15) is 0 Å².